The summed E-state index contributed by atoms with van der Waals surface area (Å²) >= 11 is 0. The van der Waals surface area contributed by atoms with Gasteiger partial charge in [-0.15, -0.1) is 0 Å². The van der Waals surface area contributed by atoms with E-state index in [0.717, 1.165) is 0 Å². The van der Waals surface area contributed by atoms with Gasteiger partial charge in [0.1, 0.15) is 11.8 Å². The van der Waals surface area contributed by atoms with Crippen molar-refractivity contribution in [2.24, 2.45) is 0 Å². The Bertz CT molecular complexity index is 569. The molecule has 0 unspecified atom stereocenters. The molecular weight excluding hydrogens is 276 g/mol. The van der Waals surface area contributed by atoms with E-state index in [9.17, 15) is 5.11 Å². The summed E-state index contributed by atoms with van der Waals surface area (Å²) in [7, 11) is 0. The maximum absolute atomic E-state index is 10.1. The zero-order valence-corrected chi connectivity index (χ0v) is 11.6. The lowest BCUT2D eigenvalue weighted by molar-refractivity contribution is 0.0779. The van der Waals surface area contributed by atoms with Crippen LogP contribution < -0.4 is 5.73 Å². The second-order valence-corrected chi connectivity index (χ2v) is 4.73. The Balaban J connectivity index is 2.03. The molecule has 5 N–H and O–H groups in total. The predicted octanol–water partition coefficient (Wildman–Crippen LogP) is -1.94. The lowest BCUT2D eigenvalue weighted by Crippen LogP contribution is -2.38. The van der Waals surface area contributed by atoms with Crippen molar-refractivity contribution in [3.8, 4) is 0 Å². The third-order valence-electron chi connectivity index (χ3n) is 3.14. The molecule has 21 heavy (non-hydrogen) atoms. The van der Waals surface area contributed by atoms with Crippen molar-refractivity contribution in [2.75, 3.05) is 38.6 Å². The van der Waals surface area contributed by atoms with Gasteiger partial charge in [0.15, 0.2) is 11.5 Å². The van der Waals surface area contributed by atoms with Crippen LogP contribution in [0, 0.1) is 0 Å². The Kier molecular flexibility index (Phi) is 5.39. The zero-order chi connectivity index (χ0) is 15.2. The fourth-order valence-electron chi connectivity index (χ4n) is 2.19. The number of aliphatic hydroxyl groups excluding tert-OH is 3. The topological polar surface area (TPSA) is 134 Å². The highest BCUT2D eigenvalue weighted by Crippen LogP contribution is 2.14. The Morgan fingerprint density at radius 1 is 1.19 bits per heavy atom. The minimum absolute atomic E-state index is 0.0233. The lowest BCUT2D eigenvalue weighted by Gasteiger charge is -2.23. The molecule has 2 aromatic rings. The number of aromatic nitrogens is 4. The van der Waals surface area contributed by atoms with Crippen LogP contribution in [0.15, 0.2) is 12.7 Å². The van der Waals surface area contributed by atoms with Crippen LogP contribution in [-0.2, 0) is 6.54 Å². The third-order valence-corrected chi connectivity index (χ3v) is 3.14. The molecule has 2 aromatic heterocycles. The van der Waals surface area contributed by atoms with Gasteiger partial charge in [-0.1, -0.05) is 0 Å². The number of fused-ring (bicyclic) bond motifs is 1. The first-order valence-electron chi connectivity index (χ1n) is 6.69. The number of nitrogens with two attached hydrogens (primary N) is 1. The number of nitrogens with zero attached hydrogens (tertiary/aromatic N) is 5. The second-order valence-electron chi connectivity index (χ2n) is 4.73. The molecule has 1 atom stereocenters. The SMILES string of the molecule is Nc1ncnc2c1ncn2C[C@H](O)CN(CCO)CCO. The molecule has 0 amide bonds. The van der Waals surface area contributed by atoms with Gasteiger partial charge in [0.25, 0.3) is 0 Å². The lowest BCUT2D eigenvalue weighted by atomic mass is 10.3. The highest BCUT2D eigenvalue weighted by Gasteiger charge is 2.14. The van der Waals surface area contributed by atoms with Gasteiger partial charge in [-0.25, -0.2) is 15.0 Å². The summed E-state index contributed by atoms with van der Waals surface area (Å²) in [4.78, 5) is 13.9. The van der Waals surface area contributed by atoms with Crippen molar-refractivity contribution >= 4 is 17.0 Å². The average Bonchev–Trinajstić information content (AvgIpc) is 2.84. The number of rotatable bonds is 8. The van der Waals surface area contributed by atoms with E-state index in [2.05, 4.69) is 15.0 Å². The Hall–Kier alpha value is -1.81. The minimum Gasteiger partial charge on any atom is -0.395 e. The number of aliphatic hydroxyl groups is 3. The minimum atomic E-state index is -0.684. The van der Waals surface area contributed by atoms with Crippen LogP contribution in [0.3, 0.4) is 0 Å². The fourth-order valence-corrected chi connectivity index (χ4v) is 2.19. The van der Waals surface area contributed by atoms with Gasteiger partial charge in [-0.05, 0) is 0 Å². The van der Waals surface area contributed by atoms with Crippen molar-refractivity contribution in [1.82, 2.24) is 24.4 Å². The molecule has 2 heterocycles. The van der Waals surface area contributed by atoms with Crippen LogP contribution in [0.4, 0.5) is 5.82 Å². The normalized spacial score (nSPS) is 13.1. The van der Waals surface area contributed by atoms with E-state index in [1.54, 1.807) is 15.8 Å². The van der Waals surface area contributed by atoms with Crippen LogP contribution >= 0.6 is 0 Å². The number of imidazole rings is 1. The van der Waals surface area contributed by atoms with E-state index < -0.39 is 6.10 Å². The summed E-state index contributed by atoms with van der Waals surface area (Å²) in [6.45, 7) is 1.38. The van der Waals surface area contributed by atoms with Gasteiger partial charge in [-0.3, -0.25) is 4.90 Å². The Labute approximate surface area is 121 Å². The van der Waals surface area contributed by atoms with Gasteiger partial charge in [0, 0.05) is 19.6 Å². The molecule has 0 aliphatic heterocycles. The summed E-state index contributed by atoms with van der Waals surface area (Å²) in [5, 5.41) is 28.1. The number of nitrogen functional groups attached to an aromatic ring is 1. The van der Waals surface area contributed by atoms with Crippen LogP contribution in [0.25, 0.3) is 11.2 Å². The molecule has 0 bridgehead atoms. The molecule has 0 saturated heterocycles. The summed E-state index contributed by atoms with van der Waals surface area (Å²) < 4.78 is 1.70. The first kappa shape index (κ1) is 15.6. The molecule has 0 saturated carbocycles. The molecule has 0 spiro atoms. The molecule has 116 valence electrons. The standard InChI is InChI=1S/C12H20N6O3/c13-11-10-12(15-7-14-11)18(8-16-10)6-9(21)5-17(1-3-19)2-4-20/h7-9,19-21H,1-6H2,(H2,13,14,15)/t9-/m1/s1. The highest BCUT2D eigenvalue weighted by molar-refractivity contribution is 5.81. The van der Waals surface area contributed by atoms with Crippen molar-refractivity contribution in [3.05, 3.63) is 12.7 Å². The zero-order valence-electron chi connectivity index (χ0n) is 11.6. The number of anilines is 1. The monoisotopic (exact) mass is 296 g/mol. The van der Waals surface area contributed by atoms with Gasteiger partial charge in [0.2, 0.25) is 0 Å². The third kappa shape index (κ3) is 3.85. The Morgan fingerprint density at radius 3 is 2.57 bits per heavy atom. The van der Waals surface area contributed by atoms with Crippen molar-refractivity contribution in [3.63, 3.8) is 0 Å². The molecule has 0 fully saturated rings. The fraction of sp³-hybridized carbons (Fsp3) is 0.583. The van der Waals surface area contributed by atoms with Crippen LogP contribution in [-0.4, -0.2) is 78.7 Å². The van der Waals surface area contributed by atoms with Crippen LogP contribution in [0.5, 0.6) is 0 Å². The van der Waals surface area contributed by atoms with Crippen molar-refractivity contribution in [1.29, 1.82) is 0 Å². The highest BCUT2D eigenvalue weighted by atomic mass is 16.3. The molecule has 9 nitrogen and oxygen atoms in total. The first-order valence-corrected chi connectivity index (χ1v) is 6.69. The maximum Gasteiger partial charge on any atom is 0.165 e. The predicted molar refractivity (Wildman–Crippen MR) is 76.4 cm³/mol. The second kappa shape index (κ2) is 7.27. The maximum atomic E-state index is 10.1. The quantitative estimate of drug-likeness (QED) is 0.442. The summed E-state index contributed by atoms with van der Waals surface area (Å²) in [6, 6.07) is 0. The van der Waals surface area contributed by atoms with Crippen molar-refractivity contribution < 1.29 is 15.3 Å². The van der Waals surface area contributed by atoms with E-state index in [1.807, 2.05) is 0 Å². The molecule has 9 heteroatoms. The summed E-state index contributed by atoms with van der Waals surface area (Å²) in [5.74, 6) is 0.301. The molecule has 0 aliphatic rings. The molecule has 2 rings (SSSR count). The number of hydrogen-bond acceptors (Lipinski definition) is 8. The van der Waals surface area contributed by atoms with Crippen LogP contribution in [0.1, 0.15) is 0 Å². The smallest absolute Gasteiger partial charge is 0.165 e. The van der Waals surface area contributed by atoms with E-state index >= 15 is 0 Å². The average molecular weight is 296 g/mol. The van der Waals surface area contributed by atoms with Gasteiger partial charge >= 0.3 is 0 Å². The van der Waals surface area contributed by atoms with E-state index in [-0.39, 0.29) is 13.2 Å². The summed E-state index contributed by atoms with van der Waals surface area (Å²) in [5.41, 5.74) is 6.78. The van der Waals surface area contributed by atoms with Gasteiger partial charge < -0.3 is 25.6 Å². The van der Waals surface area contributed by atoms with E-state index in [4.69, 9.17) is 15.9 Å². The molecule has 0 aromatic carbocycles. The van der Waals surface area contributed by atoms with Gasteiger partial charge in [0.05, 0.1) is 32.2 Å². The number of hydrogen-bond donors (Lipinski definition) is 4. The molecule has 0 radical (unpaired) electrons. The van der Waals surface area contributed by atoms with E-state index in [0.29, 0.717) is 43.2 Å². The van der Waals surface area contributed by atoms with Crippen LogP contribution in [0.2, 0.25) is 0 Å². The summed E-state index contributed by atoms with van der Waals surface area (Å²) in [6.07, 6.45) is 2.23. The largest absolute Gasteiger partial charge is 0.395 e. The first-order chi connectivity index (χ1) is 10.2. The van der Waals surface area contributed by atoms with Crippen molar-refractivity contribution in [2.45, 2.75) is 12.6 Å². The van der Waals surface area contributed by atoms with Gasteiger partial charge in [-0.2, -0.15) is 0 Å². The van der Waals surface area contributed by atoms with E-state index in [1.165, 1.54) is 6.33 Å². The Morgan fingerprint density at radius 2 is 1.90 bits per heavy atom. The molecule has 0 aliphatic carbocycles. The molecular formula is C12H20N6O3.